The van der Waals surface area contributed by atoms with Crippen LogP contribution in [0.2, 0.25) is 0 Å². The van der Waals surface area contributed by atoms with Crippen LogP contribution in [0.3, 0.4) is 0 Å². The van der Waals surface area contributed by atoms with E-state index in [1.165, 1.54) is 11.1 Å². The lowest BCUT2D eigenvalue weighted by atomic mass is 10.0. The molecule has 2 rings (SSSR count). The molecule has 0 saturated heterocycles. The molecule has 124 valence electrons. The lowest BCUT2D eigenvalue weighted by Crippen LogP contribution is -2.34. The summed E-state index contributed by atoms with van der Waals surface area (Å²) in [6.45, 7) is 6.69. The van der Waals surface area contributed by atoms with Crippen molar-refractivity contribution in [3.63, 3.8) is 0 Å². The van der Waals surface area contributed by atoms with Crippen LogP contribution in [0.25, 0.3) is 0 Å². The van der Waals surface area contributed by atoms with Crippen LogP contribution in [0, 0.1) is 5.92 Å². The fourth-order valence-corrected chi connectivity index (χ4v) is 2.54. The minimum Gasteiger partial charge on any atom is -0.489 e. The molecule has 0 aliphatic heterocycles. The lowest BCUT2D eigenvalue weighted by molar-refractivity contribution is 0.306. The van der Waals surface area contributed by atoms with Crippen LogP contribution >= 0.6 is 0 Å². The third kappa shape index (κ3) is 6.85. The van der Waals surface area contributed by atoms with E-state index in [1.807, 2.05) is 30.3 Å². The summed E-state index contributed by atoms with van der Waals surface area (Å²) in [4.78, 5) is 0. The predicted molar refractivity (Wildman–Crippen MR) is 96.4 cm³/mol. The third-order valence-electron chi connectivity index (χ3n) is 3.68. The molecule has 0 radical (unpaired) electrons. The Morgan fingerprint density at radius 1 is 0.957 bits per heavy atom. The van der Waals surface area contributed by atoms with Gasteiger partial charge < -0.3 is 15.8 Å². The van der Waals surface area contributed by atoms with Crippen molar-refractivity contribution in [3.8, 4) is 5.75 Å². The Morgan fingerprint density at radius 3 is 2.30 bits per heavy atom. The Labute approximate surface area is 139 Å². The van der Waals surface area contributed by atoms with E-state index in [2.05, 4.69) is 43.4 Å². The SMILES string of the molecule is CC(C)CC(N)CNCc1ccc(OCc2ccccc2)cc1. The van der Waals surface area contributed by atoms with Gasteiger partial charge in [0.1, 0.15) is 12.4 Å². The highest BCUT2D eigenvalue weighted by molar-refractivity contribution is 5.27. The van der Waals surface area contributed by atoms with Gasteiger partial charge in [0.2, 0.25) is 0 Å². The molecular formula is C20H28N2O. The van der Waals surface area contributed by atoms with Gasteiger partial charge in [-0.25, -0.2) is 0 Å². The van der Waals surface area contributed by atoms with Crippen molar-refractivity contribution in [2.75, 3.05) is 6.54 Å². The zero-order valence-corrected chi connectivity index (χ0v) is 14.2. The quantitative estimate of drug-likeness (QED) is 0.741. The third-order valence-corrected chi connectivity index (χ3v) is 3.68. The Bertz CT molecular complexity index is 552. The van der Waals surface area contributed by atoms with Crippen molar-refractivity contribution in [1.82, 2.24) is 5.32 Å². The molecule has 0 aliphatic rings. The molecule has 0 fully saturated rings. The fourth-order valence-electron chi connectivity index (χ4n) is 2.54. The monoisotopic (exact) mass is 312 g/mol. The van der Waals surface area contributed by atoms with Crippen LogP contribution in [-0.4, -0.2) is 12.6 Å². The number of hydrogen-bond donors (Lipinski definition) is 2. The second-order valence-electron chi connectivity index (χ2n) is 6.44. The second-order valence-corrected chi connectivity index (χ2v) is 6.44. The van der Waals surface area contributed by atoms with E-state index >= 15 is 0 Å². The molecule has 0 amide bonds. The smallest absolute Gasteiger partial charge is 0.119 e. The van der Waals surface area contributed by atoms with E-state index < -0.39 is 0 Å². The van der Waals surface area contributed by atoms with E-state index in [4.69, 9.17) is 10.5 Å². The molecule has 0 saturated carbocycles. The summed E-state index contributed by atoms with van der Waals surface area (Å²) < 4.78 is 5.79. The average molecular weight is 312 g/mol. The molecule has 0 aromatic heterocycles. The predicted octanol–water partition coefficient (Wildman–Crippen LogP) is 3.73. The van der Waals surface area contributed by atoms with Crippen LogP contribution in [-0.2, 0) is 13.2 Å². The van der Waals surface area contributed by atoms with Gasteiger partial charge in [0.05, 0.1) is 0 Å². The summed E-state index contributed by atoms with van der Waals surface area (Å²) in [5.41, 5.74) is 8.50. The highest BCUT2D eigenvalue weighted by Gasteiger charge is 2.04. The Hall–Kier alpha value is -1.84. The van der Waals surface area contributed by atoms with Gasteiger partial charge >= 0.3 is 0 Å². The van der Waals surface area contributed by atoms with Crippen LogP contribution in [0.1, 0.15) is 31.4 Å². The molecule has 2 aromatic rings. The summed E-state index contributed by atoms with van der Waals surface area (Å²) in [5, 5.41) is 3.42. The van der Waals surface area contributed by atoms with E-state index in [9.17, 15) is 0 Å². The second kappa shape index (κ2) is 9.33. The van der Waals surface area contributed by atoms with Crippen molar-refractivity contribution in [3.05, 3.63) is 65.7 Å². The molecule has 3 heteroatoms. The van der Waals surface area contributed by atoms with Crippen molar-refractivity contribution in [2.24, 2.45) is 11.7 Å². The molecular weight excluding hydrogens is 284 g/mol. The summed E-state index contributed by atoms with van der Waals surface area (Å²) in [5.74, 6) is 1.54. The lowest BCUT2D eigenvalue weighted by Gasteiger charge is -2.15. The maximum Gasteiger partial charge on any atom is 0.119 e. The molecule has 3 nitrogen and oxygen atoms in total. The van der Waals surface area contributed by atoms with Gasteiger partial charge in [0, 0.05) is 19.1 Å². The largest absolute Gasteiger partial charge is 0.489 e. The van der Waals surface area contributed by atoms with Gasteiger partial charge in [-0.1, -0.05) is 56.3 Å². The number of benzene rings is 2. The first-order valence-corrected chi connectivity index (χ1v) is 8.35. The molecule has 2 aromatic carbocycles. The van der Waals surface area contributed by atoms with E-state index in [0.29, 0.717) is 12.5 Å². The highest BCUT2D eigenvalue weighted by atomic mass is 16.5. The standard InChI is InChI=1S/C20H28N2O/c1-16(2)12-19(21)14-22-13-17-8-10-20(11-9-17)23-15-18-6-4-3-5-7-18/h3-11,16,19,22H,12-15,21H2,1-2H3. The summed E-state index contributed by atoms with van der Waals surface area (Å²) in [6.07, 6.45) is 1.05. The molecule has 3 N–H and O–H groups in total. The van der Waals surface area contributed by atoms with Crippen molar-refractivity contribution in [1.29, 1.82) is 0 Å². The normalized spacial score (nSPS) is 12.3. The van der Waals surface area contributed by atoms with Crippen LogP contribution in [0.5, 0.6) is 5.75 Å². The van der Waals surface area contributed by atoms with E-state index in [0.717, 1.165) is 25.3 Å². The fraction of sp³-hybridized carbons (Fsp3) is 0.400. The van der Waals surface area contributed by atoms with E-state index in [1.54, 1.807) is 0 Å². The molecule has 0 bridgehead atoms. The van der Waals surface area contributed by atoms with Gasteiger partial charge in [-0.2, -0.15) is 0 Å². The van der Waals surface area contributed by atoms with Crippen molar-refractivity contribution in [2.45, 2.75) is 39.5 Å². The Balaban J connectivity index is 1.72. The average Bonchev–Trinajstić information content (AvgIpc) is 2.54. The number of ether oxygens (including phenoxy) is 1. The number of rotatable bonds is 9. The van der Waals surface area contributed by atoms with Gasteiger partial charge in [-0.3, -0.25) is 0 Å². The minimum absolute atomic E-state index is 0.225. The van der Waals surface area contributed by atoms with Crippen LogP contribution in [0.4, 0.5) is 0 Å². The summed E-state index contributed by atoms with van der Waals surface area (Å²) in [6, 6.07) is 18.7. The Morgan fingerprint density at radius 2 is 1.65 bits per heavy atom. The molecule has 0 heterocycles. The maximum absolute atomic E-state index is 6.08. The Kier molecular flexibility index (Phi) is 7.11. The first-order valence-electron chi connectivity index (χ1n) is 8.35. The van der Waals surface area contributed by atoms with Crippen LogP contribution in [0.15, 0.2) is 54.6 Å². The molecule has 0 spiro atoms. The van der Waals surface area contributed by atoms with Gasteiger partial charge in [0.25, 0.3) is 0 Å². The summed E-state index contributed by atoms with van der Waals surface area (Å²) >= 11 is 0. The number of nitrogens with one attached hydrogen (secondary N) is 1. The zero-order valence-electron chi connectivity index (χ0n) is 14.2. The topological polar surface area (TPSA) is 47.3 Å². The van der Waals surface area contributed by atoms with Crippen molar-refractivity contribution < 1.29 is 4.74 Å². The zero-order chi connectivity index (χ0) is 16.5. The summed E-state index contributed by atoms with van der Waals surface area (Å²) in [7, 11) is 0. The molecule has 23 heavy (non-hydrogen) atoms. The van der Waals surface area contributed by atoms with E-state index in [-0.39, 0.29) is 6.04 Å². The number of hydrogen-bond acceptors (Lipinski definition) is 3. The highest BCUT2D eigenvalue weighted by Crippen LogP contribution is 2.14. The molecule has 1 unspecified atom stereocenters. The first-order chi connectivity index (χ1) is 11.1. The first kappa shape index (κ1) is 17.5. The van der Waals surface area contributed by atoms with Gasteiger partial charge in [-0.05, 0) is 35.6 Å². The molecule has 0 aliphatic carbocycles. The number of nitrogens with two attached hydrogens (primary N) is 1. The van der Waals surface area contributed by atoms with Crippen LogP contribution < -0.4 is 15.8 Å². The van der Waals surface area contributed by atoms with Gasteiger partial charge in [-0.15, -0.1) is 0 Å². The maximum atomic E-state index is 6.08. The van der Waals surface area contributed by atoms with Gasteiger partial charge in [0.15, 0.2) is 0 Å². The minimum atomic E-state index is 0.225. The molecule has 1 atom stereocenters. The van der Waals surface area contributed by atoms with Crippen molar-refractivity contribution >= 4 is 0 Å².